The van der Waals surface area contributed by atoms with E-state index in [1.54, 1.807) is 6.07 Å². The number of rotatable bonds is 12. The summed E-state index contributed by atoms with van der Waals surface area (Å²) in [6.07, 6.45) is 2.84. The van der Waals surface area contributed by atoms with Gasteiger partial charge in [0, 0.05) is 51.7 Å². The molecular weight excluding hydrogens is 528 g/mol. The van der Waals surface area contributed by atoms with Crippen molar-refractivity contribution in [2.75, 3.05) is 46.4 Å². The van der Waals surface area contributed by atoms with Gasteiger partial charge in [-0.25, -0.2) is 0 Å². The van der Waals surface area contributed by atoms with Gasteiger partial charge in [0.1, 0.15) is 12.4 Å². The zero-order chi connectivity index (χ0) is 29.3. The Morgan fingerprint density at radius 1 is 0.881 bits per heavy atom. The van der Waals surface area contributed by atoms with Crippen LogP contribution in [0.1, 0.15) is 52.5 Å². The fourth-order valence-corrected chi connectivity index (χ4v) is 5.69. The second-order valence-electron chi connectivity index (χ2n) is 10.7. The van der Waals surface area contributed by atoms with Crippen molar-refractivity contribution in [1.29, 1.82) is 0 Å². The summed E-state index contributed by atoms with van der Waals surface area (Å²) in [5.41, 5.74) is 3.51. The van der Waals surface area contributed by atoms with Crippen molar-refractivity contribution in [3.8, 4) is 0 Å². The molecule has 8 nitrogen and oxygen atoms in total. The van der Waals surface area contributed by atoms with E-state index in [-0.39, 0.29) is 24.5 Å². The minimum absolute atomic E-state index is 0.0306. The zero-order valence-electron chi connectivity index (χ0n) is 24.5. The van der Waals surface area contributed by atoms with Crippen molar-refractivity contribution < 1.29 is 18.7 Å². The van der Waals surface area contributed by atoms with Gasteiger partial charge in [-0.2, -0.15) is 0 Å². The number of ether oxygens (including phenoxy) is 1. The number of amides is 2. The van der Waals surface area contributed by atoms with Gasteiger partial charge in [0.25, 0.3) is 5.91 Å². The van der Waals surface area contributed by atoms with Crippen LogP contribution in [0.5, 0.6) is 0 Å². The zero-order valence-corrected chi connectivity index (χ0v) is 24.5. The number of aromatic nitrogens is 1. The summed E-state index contributed by atoms with van der Waals surface area (Å²) in [5, 5.41) is 0. The molecule has 0 saturated carbocycles. The lowest BCUT2D eigenvalue weighted by Gasteiger charge is -2.39. The maximum atomic E-state index is 13.4. The van der Waals surface area contributed by atoms with E-state index in [1.165, 1.54) is 18.2 Å². The van der Waals surface area contributed by atoms with Gasteiger partial charge in [0.15, 0.2) is 5.76 Å². The van der Waals surface area contributed by atoms with Crippen molar-refractivity contribution in [3.63, 3.8) is 0 Å². The number of benzene rings is 2. The molecule has 0 N–H and O–H groups in total. The molecule has 220 valence electrons. The molecule has 8 heteroatoms. The average molecular weight is 569 g/mol. The van der Waals surface area contributed by atoms with E-state index in [1.807, 2.05) is 46.3 Å². The third kappa shape index (κ3) is 7.01. The first kappa shape index (κ1) is 29.4. The number of carbonyl (C=O) groups is 2. The molecule has 0 unspecified atom stereocenters. The summed E-state index contributed by atoms with van der Waals surface area (Å²) >= 11 is 0. The van der Waals surface area contributed by atoms with Crippen LogP contribution in [0.15, 0.2) is 95.5 Å². The van der Waals surface area contributed by atoms with Crippen LogP contribution in [0.25, 0.3) is 0 Å². The van der Waals surface area contributed by atoms with E-state index in [9.17, 15) is 9.59 Å². The van der Waals surface area contributed by atoms with Gasteiger partial charge < -0.3 is 23.5 Å². The summed E-state index contributed by atoms with van der Waals surface area (Å²) in [4.78, 5) is 32.0. The van der Waals surface area contributed by atoms with Gasteiger partial charge in [-0.3, -0.25) is 14.5 Å². The monoisotopic (exact) mass is 568 g/mol. The Morgan fingerprint density at radius 3 is 2.17 bits per heavy atom. The normalized spacial score (nSPS) is 13.9. The number of methoxy groups -OCH3 is 1. The van der Waals surface area contributed by atoms with Gasteiger partial charge in [-0.1, -0.05) is 67.6 Å². The van der Waals surface area contributed by atoms with Crippen LogP contribution >= 0.6 is 0 Å². The fourth-order valence-electron chi connectivity index (χ4n) is 5.69. The van der Waals surface area contributed by atoms with Crippen molar-refractivity contribution >= 4 is 11.8 Å². The predicted octanol–water partition coefficient (Wildman–Crippen LogP) is 5.06. The Morgan fingerprint density at radius 2 is 1.55 bits per heavy atom. The second-order valence-corrected chi connectivity index (χ2v) is 10.7. The highest BCUT2D eigenvalue weighted by molar-refractivity contribution is 5.91. The highest BCUT2D eigenvalue weighted by Gasteiger charge is 2.29. The quantitative estimate of drug-likeness (QED) is 0.239. The predicted molar refractivity (Wildman–Crippen MR) is 162 cm³/mol. The van der Waals surface area contributed by atoms with E-state index in [2.05, 4.69) is 64.9 Å². The molecule has 0 aliphatic carbocycles. The molecule has 1 fully saturated rings. The van der Waals surface area contributed by atoms with E-state index in [4.69, 9.17) is 9.15 Å². The number of piperazine rings is 1. The van der Waals surface area contributed by atoms with Crippen molar-refractivity contribution in [2.45, 2.75) is 32.5 Å². The van der Waals surface area contributed by atoms with Gasteiger partial charge in [0.2, 0.25) is 5.91 Å². The summed E-state index contributed by atoms with van der Waals surface area (Å²) < 4.78 is 13.2. The van der Waals surface area contributed by atoms with E-state index in [0.29, 0.717) is 44.2 Å². The van der Waals surface area contributed by atoms with Gasteiger partial charge in [0.05, 0.1) is 19.1 Å². The molecule has 2 amide bonds. The number of furan rings is 1. The summed E-state index contributed by atoms with van der Waals surface area (Å²) in [6.45, 7) is 6.58. The van der Waals surface area contributed by atoms with Crippen LogP contribution in [0.2, 0.25) is 0 Å². The van der Waals surface area contributed by atoms with E-state index < -0.39 is 0 Å². The highest BCUT2D eigenvalue weighted by atomic mass is 16.5. The molecular formula is C34H40N4O4. The van der Waals surface area contributed by atoms with Crippen molar-refractivity contribution in [2.24, 2.45) is 0 Å². The third-order valence-electron chi connectivity index (χ3n) is 7.79. The molecule has 1 aliphatic rings. The lowest BCUT2D eigenvalue weighted by molar-refractivity contribution is -0.135. The first-order valence-corrected chi connectivity index (χ1v) is 14.7. The minimum atomic E-state index is -0.0797. The first-order chi connectivity index (χ1) is 20.6. The molecule has 1 aliphatic heterocycles. The van der Waals surface area contributed by atoms with Crippen molar-refractivity contribution in [1.82, 2.24) is 19.3 Å². The molecule has 4 aromatic rings. The van der Waals surface area contributed by atoms with Gasteiger partial charge in [-0.15, -0.1) is 0 Å². The summed E-state index contributed by atoms with van der Waals surface area (Å²) in [7, 11) is 1.53. The van der Waals surface area contributed by atoms with Crippen LogP contribution in [-0.4, -0.2) is 77.5 Å². The largest absolute Gasteiger partial charge is 0.454 e. The molecule has 1 saturated heterocycles. The molecule has 0 atom stereocenters. The van der Waals surface area contributed by atoms with E-state index in [0.717, 1.165) is 25.2 Å². The summed E-state index contributed by atoms with van der Waals surface area (Å²) in [6, 6.07) is 28.9. The molecule has 0 radical (unpaired) electrons. The Labute approximate surface area is 248 Å². The first-order valence-electron chi connectivity index (χ1n) is 14.7. The standard InChI is InChI=1S/C34H40N4O4/c1-3-18-38(32(39)26-41-2)24-29-15-10-19-37(29)25-30-16-17-31(42-30)34(40)36-22-20-35(21-23-36)33(27-11-6-4-7-12-27)28-13-8-5-9-14-28/h4-17,19,33H,3,18,20-26H2,1-2H3. The topological polar surface area (TPSA) is 71.2 Å². The van der Waals surface area contributed by atoms with Gasteiger partial charge in [-0.05, 0) is 41.8 Å². The molecule has 2 aromatic carbocycles. The Bertz CT molecular complexity index is 1380. The second kappa shape index (κ2) is 14.2. The number of hydrogen-bond acceptors (Lipinski definition) is 5. The lowest BCUT2D eigenvalue weighted by Crippen LogP contribution is -2.49. The Hall–Kier alpha value is -4.14. The average Bonchev–Trinajstić information content (AvgIpc) is 3.68. The number of hydrogen-bond donors (Lipinski definition) is 0. The fraction of sp³-hybridized carbons (Fsp3) is 0.353. The molecule has 42 heavy (non-hydrogen) atoms. The summed E-state index contributed by atoms with van der Waals surface area (Å²) in [5.74, 6) is 0.950. The van der Waals surface area contributed by atoms with Crippen LogP contribution in [0.4, 0.5) is 0 Å². The van der Waals surface area contributed by atoms with Crippen LogP contribution < -0.4 is 0 Å². The smallest absolute Gasteiger partial charge is 0.289 e. The molecule has 0 bridgehead atoms. The SMILES string of the molecule is CCCN(Cc1cccn1Cc1ccc(C(=O)N2CCN(C(c3ccccc3)c3ccccc3)CC2)o1)C(=O)COC. The van der Waals surface area contributed by atoms with Crippen LogP contribution in [-0.2, 0) is 22.6 Å². The lowest BCUT2D eigenvalue weighted by atomic mass is 9.96. The molecule has 0 spiro atoms. The number of nitrogens with zero attached hydrogens (tertiary/aromatic N) is 4. The number of carbonyl (C=O) groups excluding carboxylic acids is 2. The molecule has 5 rings (SSSR count). The minimum Gasteiger partial charge on any atom is -0.454 e. The molecule has 3 heterocycles. The molecule has 2 aromatic heterocycles. The van der Waals surface area contributed by atoms with Crippen LogP contribution in [0, 0.1) is 0 Å². The van der Waals surface area contributed by atoms with E-state index >= 15 is 0 Å². The highest BCUT2D eigenvalue weighted by Crippen LogP contribution is 2.29. The maximum absolute atomic E-state index is 13.4. The Kier molecular flexibility index (Phi) is 9.90. The Balaban J connectivity index is 1.21. The van der Waals surface area contributed by atoms with Crippen molar-refractivity contribution in [3.05, 3.63) is 119 Å². The van der Waals surface area contributed by atoms with Gasteiger partial charge >= 0.3 is 0 Å². The van der Waals surface area contributed by atoms with Crippen LogP contribution in [0.3, 0.4) is 0 Å². The maximum Gasteiger partial charge on any atom is 0.289 e. The third-order valence-corrected chi connectivity index (χ3v) is 7.79.